The molecule has 168 valence electrons. The summed E-state index contributed by atoms with van der Waals surface area (Å²) in [5, 5.41) is 32.5. The van der Waals surface area contributed by atoms with E-state index in [2.05, 4.69) is 46.3 Å². The number of nitrogens with zero attached hydrogens (tertiary/aromatic N) is 5. The van der Waals surface area contributed by atoms with Gasteiger partial charge in [-0.3, -0.25) is 0 Å². The van der Waals surface area contributed by atoms with Crippen LogP contribution in [0.4, 0.5) is 5.82 Å². The van der Waals surface area contributed by atoms with E-state index in [1.54, 1.807) is 18.3 Å². The van der Waals surface area contributed by atoms with Gasteiger partial charge in [0, 0.05) is 35.9 Å². The maximum Gasteiger partial charge on any atom is 0.151 e. The zero-order valence-corrected chi connectivity index (χ0v) is 19.2. The molecule has 7 nitrogen and oxygen atoms in total. The van der Waals surface area contributed by atoms with Crippen molar-refractivity contribution in [1.82, 2.24) is 20.5 Å². The van der Waals surface area contributed by atoms with Crippen LogP contribution in [0.3, 0.4) is 0 Å². The summed E-state index contributed by atoms with van der Waals surface area (Å²) in [7, 11) is 2.10. The lowest BCUT2D eigenvalue weighted by Gasteiger charge is -2.45. The van der Waals surface area contributed by atoms with Crippen LogP contribution in [0.2, 0.25) is 0 Å². The molecule has 3 atom stereocenters. The molecular formula is C26H28N6O. The average molecular weight is 441 g/mol. The largest absolute Gasteiger partial charge is 0.507 e. The van der Waals surface area contributed by atoms with Crippen molar-refractivity contribution in [2.24, 2.45) is 0 Å². The van der Waals surface area contributed by atoms with Crippen LogP contribution in [0.15, 0.2) is 48.7 Å². The Kier molecular flexibility index (Phi) is 5.06. The molecule has 1 aromatic carbocycles. The minimum Gasteiger partial charge on any atom is -0.507 e. The Labute approximate surface area is 194 Å². The fourth-order valence-corrected chi connectivity index (χ4v) is 5.54. The fourth-order valence-electron chi connectivity index (χ4n) is 5.54. The Morgan fingerprint density at radius 2 is 1.76 bits per heavy atom. The molecule has 4 heterocycles. The highest BCUT2D eigenvalue weighted by Gasteiger charge is 2.49. The number of rotatable bonds is 4. The number of hydrogen-bond acceptors (Lipinski definition) is 7. The second-order valence-electron chi connectivity index (χ2n) is 9.97. The normalized spacial score (nSPS) is 26.1. The number of fused-ring (bicyclic) bond motifs is 2. The van der Waals surface area contributed by atoms with Crippen LogP contribution >= 0.6 is 0 Å². The molecule has 0 unspecified atom stereocenters. The summed E-state index contributed by atoms with van der Waals surface area (Å²) in [6, 6.07) is 15.3. The topological polar surface area (TPSA) is 98.0 Å². The molecule has 0 aliphatic carbocycles. The molecule has 2 saturated heterocycles. The number of phenols is 1. The van der Waals surface area contributed by atoms with E-state index in [-0.39, 0.29) is 16.8 Å². The highest BCUT2D eigenvalue weighted by atomic mass is 16.3. The van der Waals surface area contributed by atoms with E-state index in [0.717, 1.165) is 29.8 Å². The number of hydrogen-bond donors (Lipinski definition) is 2. The summed E-state index contributed by atoms with van der Waals surface area (Å²) in [5.74, 6) is 0.961. The van der Waals surface area contributed by atoms with Crippen LogP contribution in [0.5, 0.6) is 5.75 Å². The molecule has 0 saturated carbocycles. The van der Waals surface area contributed by atoms with Gasteiger partial charge in [0.1, 0.15) is 17.5 Å². The van der Waals surface area contributed by atoms with E-state index in [1.165, 1.54) is 12.8 Å². The van der Waals surface area contributed by atoms with Gasteiger partial charge in [-0.2, -0.15) is 5.26 Å². The van der Waals surface area contributed by atoms with Gasteiger partial charge in [0.15, 0.2) is 5.82 Å². The smallest absolute Gasteiger partial charge is 0.151 e. The Bertz CT molecular complexity index is 1220. The first-order valence-corrected chi connectivity index (χ1v) is 11.3. The maximum absolute atomic E-state index is 10.7. The summed E-state index contributed by atoms with van der Waals surface area (Å²) in [6.07, 6.45) is 6.20. The number of aromatic hydroxyl groups is 1. The maximum atomic E-state index is 10.7. The van der Waals surface area contributed by atoms with Crippen LogP contribution in [0.1, 0.15) is 45.2 Å². The molecule has 2 N–H and O–H groups in total. The molecule has 2 aliphatic rings. The molecule has 2 aliphatic heterocycles. The van der Waals surface area contributed by atoms with Gasteiger partial charge in [-0.1, -0.05) is 6.07 Å². The third-order valence-corrected chi connectivity index (χ3v) is 7.25. The van der Waals surface area contributed by atoms with Gasteiger partial charge in [0.25, 0.3) is 0 Å². The minimum absolute atomic E-state index is 0.119. The molecule has 5 rings (SSSR count). The highest BCUT2D eigenvalue weighted by molar-refractivity contribution is 5.74. The van der Waals surface area contributed by atoms with Crippen molar-refractivity contribution < 1.29 is 5.11 Å². The molecule has 2 fully saturated rings. The zero-order valence-electron chi connectivity index (χ0n) is 19.2. The lowest BCUT2D eigenvalue weighted by atomic mass is 9.84. The van der Waals surface area contributed by atoms with E-state index in [1.807, 2.05) is 36.4 Å². The van der Waals surface area contributed by atoms with Crippen molar-refractivity contribution in [3.63, 3.8) is 0 Å². The lowest BCUT2D eigenvalue weighted by molar-refractivity contribution is 0.207. The summed E-state index contributed by atoms with van der Waals surface area (Å²) in [5.41, 5.74) is 3.59. The van der Waals surface area contributed by atoms with Crippen molar-refractivity contribution in [1.29, 1.82) is 5.26 Å². The van der Waals surface area contributed by atoms with Crippen molar-refractivity contribution in [3.05, 3.63) is 54.4 Å². The summed E-state index contributed by atoms with van der Waals surface area (Å²) in [4.78, 5) is 6.25. The van der Waals surface area contributed by atoms with Crippen LogP contribution in [0, 0.1) is 11.3 Å². The zero-order chi connectivity index (χ0) is 23.2. The van der Waals surface area contributed by atoms with Crippen molar-refractivity contribution in [2.45, 2.75) is 56.7 Å². The number of anilines is 1. The molecule has 0 radical (unpaired) electrons. The second kappa shape index (κ2) is 7.82. The highest BCUT2D eigenvalue weighted by Crippen LogP contribution is 2.43. The van der Waals surface area contributed by atoms with Gasteiger partial charge < -0.3 is 15.3 Å². The monoisotopic (exact) mass is 440 g/mol. The van der Waals surface area contributed by atoms with E-state index >= 15 is 0 Å². The van der Waals surface area contributed by atoms with Crippen LogP contribution in [-0.2, 0) is 0 Å². The molecule has 2 aromatic heterocycles. The Morgan fingerprint density at radius 1 is 1.03 bits per heavy atom. The number of phenolic OH excluding ortho intramolecular Hbond substituents is 1. The summed E-state index contributed by atoms with van der Waals surface area (Å²) < 4.78 is 0. The number of piperidine rings is 1. The van der Waals surface area contributed by atoms with Crippen LogP contribution in [-0.4, -0.2) is 44.5 Å². The Balaban J connectivity index is 1.36. The van der Waals surface area contributed by atoms with Gasteiger partial charge in [0.2, 0.25) is 0 Å². The molecular weight excluding hydrogens is 412 g/mol. The second-order valence-corrected chi connectivity index (χ2v) is 9.97. The predicted molar refractivity (Wildman–Crippen MR) is 128 cm³/mol. The first kappa shape index (κ1) is 21.4. The lowest BCUT2D eigenvalue weighted by Crippen LogP contribution is -2.58. The molecule has 0 spiro atoms. The van der Waals surface area contributed by atoms with Crippen LogP contribution in [0.25, 0.3) is 22.4 Å². The van der Waals surface area contributed by atoms with Gasteiger partial charge in [0.05, 0.1) is 5.69 Å². The van der Waals surface area contributed by atoms with Crippen molar-refractivity contribution in [3.8, 4) is 34.2 Å². The first-order chi connectivity index (χ1) is 15.8. The van der Waals surface area contributed by atoms with Gasteiger partial charge in [-0.15, -0.1) is 10.2 Å². The molecule has 33 heavy (non-hydrogen) atoms. The quantitative estimate of drug-likeness (QED) is 0.625. The Morgan fingerprint density at radius 3 is 2.39 bits per heavy atom. The summed E-state index contributed by atoms with van der Waals surface area (Å²) >= 11 is 0. The minimum atomic E-state index is 0.119. The SMILES string of the molecule is CN(c1ccc(-c2ccc(-c3ccnc(C#N)c3)cc2O)nn1)[C@H]1C[C@]2(C)CC[C@](C)(C1)N2. The predicted octanol–water partition coefficient (Wildman–Crippen LogP) is 4.28. The molecule has 7 heteroatoms. The molecule has 3 aromatic rings. The number of aromatic nitrogens is 3. The van der Waals surface area contributed by atoms with Crippen molar-refractivity contribution >= 4 is 5.82 Å². The fraction of sp³-hybridized carbons (Fsp3) is 0.385. The number of pyridine rings is 1. The van der Waals surface area contributed by atoms with Gasteiger partial charge in [-0.25, -0.2) is 4.98 Å². The van der Waals surface area contributed by atoms with E-state index in [9.17, 15) is 5.11 Å². The first-order valence-electron chi connectivity index (χ1n) is 11.3. The average Bonchev–Trinajstić information content (AvgIpc) is 3.05. The van der Waals surface area contributed by atoms with E-state index in [4.69, 9.17) is 5.26 Å². The Hall–Kier alpha value is -3.50. The molecule has 0 amide bonds. The molecule has 2 bridgehead atoms. The van der Waals surface area contributed by atoms with E-state index < -0.39 is 0 Å². The van der Waals surface area contributed by atoms with Crippen LogP contribution < -0.4 is 10.2 Å². The number of nitriles is 1. The third kappa shape index (κ3) is 4.03. The standard InChI is InChI=1S/C26H28N6O/c1-25-9-10-26(2,31-25)15-20(14-25)32(3)24-7-6-22(29-30-24)21-5-4-17(13-23(21)33)18-8-11-28-19(12-18)16-27/h4-8,11-13,20,31,33H,9-10,14-15H2,1-3H3/t20-,25-,26+. The number of nitrogens with one attached hydrogen (secondary N) is 1. The van der Waals surface area contributed by atoms with Gasteiger partial charge in [-0.05, 0) is 87.1 Å². The van der Waals surface area contributed by atoms with Gasteiger partial charge >= 0.3 is 0 Å². The number of benzene rings is 1. The van der Waals surface area contributed by atoms with Crippen molar-refractivity contribution in [2.75, 3.05) is 11.9 Å². The van der Waals surface area contributed by atoms with E-state index in [0.29, 0.717) is 23.0 Å². The third-order valence-electron chi connectivity index (χ3n) is 7.25. The summed E-state index contributed by atoms with van der Waals surface area (Å²) in [6.45, 7) is 4.65.